The molecule has 0 N–H and O–H groups in total. The molecular formula is C18H22O. The molecule has 0 bridgehead atoms. The van der Waals surface area contributed by atoms with E-state index in [0.717, 1.165) is 25.7 Å². The van der Waals surface area contributed by atoms with Crippen LogP contribution in [0, 0.1) is 6.92 Å². The lowest BCUT2D eigenvalue weighted by Crippen LogP contribution is -2.32. The molecule has 0 spiro atoms. The summed E-state index contributed by atoms with van der Waals surface area (Å²) >= 11 is 0. The van der Waals surface area contributed by atoms with Crippen molar-refractivity contribution in [3.63, 3.8) is 0 Å². The number of hydrogen-bond acceptors (Lipinski definition) is 1. The van der Waals surface area contributed by atoms with Crippen LogP contribution in [0.2, 0.25) is 0 Å². The van der Waals surface area contributed by atoms with Crippen molar-refractivity contribution in [2.24, 2.45) is 0 Å². The Bertz CT molecular complexity index is 553. The zero-order chi connectivity index (χ0) is 13.5. The van der Waals surface area contributed by atoms with Crippen molar-refractivity contribution in [2.45, 2.75) is 57.8 Å². The lowest BCUT2D eigenvalue weighted by atomic mass is 9.65. The number of carbonyl (C=O) groups is 1. The van der Waals surface area contributed by atoms with E-state index in [1.165, 1.54) is 28.7 Å². The van der Waals surface area contributed by atoms with Crippen LogP contribution >= 0.6 is 0 Å². The minimum absolute atomic E-state index is 0.146. The zero-order valence-electron chi connectivity index (χ0n) is 12.0. The zero-order valence-corrected chi connectivity index (χ0v) is 12.0. The van der Waals surface area contributed by atoms with Gasteiger partial charge in [0.1, 0.15) is 0 Å². The van der Waals surface area contributed by atoms with Gasteiger partial charge in [0.05, 0.1) is 0 Å². The molecule has 1 atom stereocenters. The summed E-state index contributed by atoms with van der Waals surface area (Å²) in [6, 6.07) is 6.91. The number of allylic oxidation sites excluding steroid dienone is 2. The third kappa shape index (κ3) is 1.96. The van der Waals surface area contributed by atoms with Gasteiger partial charge in [0.15, 0.2) is 5.78 Å². The van der Waals surface area contributed by atoms with Gasteiger partial charge in [-0.05, 0) is 56.2 Å². The van der Waals surface area contributed by atoms with Crippen LogP contribution in [0.5, 0.6) is 0 Å². The van der Waals surface area contributed by atoms with E-state index in [9.17, 15) is 4.79 Å². The van der Waals surface area contributed by atoms with Crippen molar-refractivity contribution in [1.29, 1.82) is 0 Å². The summed E-state index contributed by atoms with van der Waals surface area (Å²) in [7, 11) is 0. The number of ketones is 1. The van der Waals surface area contributed by atoms with E-state index in [1.807, 2.05) is 6.08 Å². The van der Waals surface area contributed by atoms with Crippen molar-refractivity contribution >= 4 is 5.78 Å². The van der Waals surface area contributed by atoms with Crippen LogP contribution in [0.4, 0.5) is 0 Å². The highest BCUT2D eigenvalue weighted by atomic mass is 16.1. The van der Waals surface area contributed by atoms with Gasteiger partial charge >= 0.3 is 0 Å². The molecule has 3 rings (SSSR count). The molecule has 100 valence electrons. The van der Waals surface area contributed by atoms with E-state index in [-0.39, 0.29) is 5.41 Å². The van der Waals surface area contributed by atoms with Crippen LogP contribution in [0.1, 0.15) is 55.7 Å². The lowest BCUT2D eigenvalue weighted by molar-refractivity contribution is -0.115. The fraction of sp³-hybridized carbons (Fsp3) is 0.500. The molecule has 2 aliphatic carbocycles. The predicted octanol–water partition coefficient (Wildman–Crippen LogP) is 4.27. The standard InChI is InChI=1S/C18H22O/c1-3-18-10-9-16(19)12-15(18)6-4-5-14-11-13(2)7-8-17(14)18/h7-8,11-12H,3-6,9-10H2,1-2H3/t18-/m1/s1. The summed E-state index contributed by atoms with van der Waals surface area (Å²) < 4.78 is 0. The van der Waals surface area contributed by atoms with Gasteiger partial charge in [-0.3, -0.25) is 4.79 Å². The first kappa shape index (κ1) is 12.7. The van der Waals surface area contributed by atoms with Crippen molar-refractivity contribution in [3.8, 4) is 0 Å². The molecule has 0 unspecified atom stereocenters. The van der Waals surface area contributed by atoms with Gasteiger partial charge in [0.2, 0.25) is 0 Å². The quantitative estimate of drug-likeness (QED) is 0.731. The molecule has 0 heterocycles. The Morgan fingerprint density at radius 1 is 1.21 bits per heavy atom. The molecule has 0 radical (unpaired) electrons. The first-order chi connectivity index (χ1) is 9.15. The number of hydrogen-bond donors (Lipinski definition) is 0. The summed E-state index contributed by atoms with van der Waals surface area (Å²) in [6.45, 7) is 4.45. The third-order valence-electron chi connectivity index (χ3n) is 5.02. The second-order valence-corrected chi connectivity index (χ2v) is 6.09. The van der Waals surface area contributed by atoms with Crippen molar-refractivity contribution in [2.75, 3.05) is 0 Å². The molecule has 0 fully saturated rings. The Morgan fingerprint density at radius 3 is 2.84 bits per heavy atom. The summed E-state index contributed by atoms with van der Waals surface area (Å²) in [5, 5.41) is 0. The molecule has 1 aromatic rings. The Morgan fingerprint density at radius 2 is 2.05 bits per heavy atom. The fourth-order valence-corrected chi connectivity index (χ4v) is 3.98. The van der Waals surface area contributed by atoms with Crippen molar-refractivity contribution in [3.05, 3.63) is 46.5 Å². The van der Waals surface area contributed by atoms with Gasteiger partial charge in [-0.15, -0.1) is 0 Å². The van der Waals surface area contributed by atoms with Crippen LogP contribution in [0.3, 0.4) is 0 Å². The summed E-state index contributed by atoms with van der Waals surface area (Å²) in [5.74, 6) is 0.328. The monoisotopic (exact) mass is 254 g/mol. The Balaban J connectivity index is 2.21. The van der Waals surface area contributed by atoms with Crippen LogP contribution in [0.25, 0.3) is 0 Å². The highest BCUT2D eigenvalue weighted by Crippen LogP contribution is 2.48. The Kier molecular flexibility index (Phi) is 3.08. The van der Waals surface area contributed by atoms with Gasteiger partial charge < -0.3 is 0 Å². The molecule has 19 heavy (non-hydrogen) atoms. The molecule has 0 aliphatic heterocycles. The van der Waals surface area contributed by atoms with Gasteiger partial charge in [-0.25, -0.2) is 0 Å². The molecule has 0 saturated carbocycles. The first-order valence-corrected chi connectivity index (χ1v) is 7.49. The van der Waals surface area contributed by atoms with Crippen LogP contribution < -0.4 is 0 Å². The third-order valence-corrected chi connectivity index (χ3v) is 5.02. The molecular weight excluding hydrogens is 232 g/mol. The van der Waals surface area contributed by atoms with Gasteiger partial charge in [-0.2, -0.15) is 0 Å². The first-order valence-electron chi connectivity index (χ1n) is 7.49. The maximum Gasteiger partial charge on any atom is 0.155 e. The lowest BCUT2D eigenvalue weighted by Gasteiger charge is -2.38. The molecule has 0 amide bonds. The molecule has 1 heteroatoms. The maximum absolute atomic E-state index is 11.8. The van der Waals surface area contributed by atoms with Gasteiger partial charge in [0.25, 0.3) is 0 Å². The SMILES string of the molecule is CC[C@@]12CCC(=O)C=C1CCCc1cc(C)ccc12. The normalized spacial score (nSPS) is 26.2. The Labute approximate surface area is 115 Å². The molecule has 0 aromatic heterocycles. The maximum atomic E-state index is 11.8. The van der Waals surface area contributed by atoms with E-state index >= 15 is 0 Å². The average Bonchev–Trinajstić information content (AvgIpc) is 2.55. The van der Waals surface area contributed by atoms with E-state index in [0.29, 0.717) is 12.2 Å². The van der Waals surface area contributed by atoms with Gasteiger partial charge in [-0.1, -0.05) is 36.3 Å². The van der Waals surface area contributed by atoms with Crippen LogP contribution in [-0.4, -0.2) is 5.78 Å². The van der Waals surface area contributed by atoms with Gasteiger partial charge in [0, 0.05) is 11.8 Å². The smallest absolute Gasteiger partial charge is 0.155 e. The van der Waals surface area contributed by atoms with E-state index in [2.05, 4.69) is 32.0 Å². The molecule has 2 aliphatic rings. The van der Waals surface area contributed by atoms with E-state index in [4.69, 9.17) is 0 Å². The number of benzene rings is 1. The highest BCUT2D eigenvalue weighted by Gasteiger charge is 2.39. The number of carbonyl (C=O) groups excluding carboxylic acids is 1. The largest absolute Gasteiger partial charge is 0.295 e. The van der Waals surface area contributed by atoms with Crippen LogP contribution in [-0.2, 0) is 16.6 Å². The van der Waals surface area contributed by atoms with Crippen molar-refractivity contribution in [1.82, 2.24) is 0 Å². The molecule has 0 saturated heterocycles. The minimum atomic E-state index is 0.146. The average molecular weight is 254 g/mol. The second-order valence-electron chi connectivity index (χ2n) is 6.09. The topological polar surface area (TPSA) is 17.1 Å². The predicted molar refractivity (Wildman–Crippen MR) is 78.4 cm³/mol. The number of rotatable bonds is 1. The van der Waals surface area contributed by atoms with Crippen molar-refractivity contribution < 1.29 is 4.79 Å². The minimum Gasteiger partial charge on any atom is -0.295 e. The highest BCUT2D eigenvalue weighted by molar-refractivity contribution is 5.92. The molecule has 1 nitrogen and oxygen atoms in total. The summed E-state index contributed by atoms with van der Waals surface area (Å²) in [5.41, 5.74) is 5.91. The summed E-state index contributed by atoms with van der Waals surface area (Å²) in [4.78, 5) is 11.8. The fourth-order valence-electron chi connectivity index (χ4n) is 3.98. The number of fused-ring (bicyclic) bond motifs is 3. The summed E-state index contributed by atoms with van der Waals surface area (Å²) in [6.07, 6.45) is 8.22. The Hall–Kier alpha value is -1.37. The van der Waals surface area contributed by atoms with Crippen LogP contribution in [0.15, 0.2) is 29.8 Å². The molecule has 1 aromatic carbocycles. The second kappa shape index (κ2) is 4.63. The van der Waals surface area contributed by atoms with E-state index in [1.54, 1.807) is 0 Å². The van der Waals surface area contributed by atoms with E-state index < -0.39 is 0 Å². The number of aryl methyl sites for hydroxylation is 2.